The van der Waals surface area contributed by atoms with Gasteiger partial charge in [-0.15, -0.1) is 23.1 Å². The molecule has 0 aliphatic rings. The maximum Gasteiger partial charge on any atom is 0.223 e. The molecule has 3 rings (SSSR count). The van der Waals surface area contributed by atoms with Crippen molar-refractivity contribution in [2.24, 2.45) is 0 Å². The molecule has 0 aliphatic heterocycles. The quantitative estimate of drug-likeness (QED) is 0.494. The number of carbonyl (C=O) groups is 1. The van der Waals surface area contributed by atoms with E-state index in [1.807, 2.05) is 5.38 Å². The summed E-state index contributed by atoms with van der Waals surface area (Å²) in [6, 6.07) is 6.35. The van der Waals surface area contributed by atoms with Crippen LogP contribution in [0.25, 0.3) is 21.3 Å². The Morgan fingerprint density at radius 2 is 2.08 bits per heavy atom. The molecular weight excluding hydrogens is 373 g/mol. The van der Waals surface area contributed by atoms with E-state index in [9.17, 15) is 9.18 Å². The van der Waals surface area contributed by atoms with Crippen LogP contribution in [-0.4, -0.2) is 51.8 Å². The number of hydrogen-bond donors (Lipinski definition) is 1. The average Bonchev–Trinajstić information content (AvgIpc) is 3.07. The van der Waals surface area contributed by atoms with Gasteiger partial charge in [0, 0.05) is 36.7 Å². The third kappa shape index (κ3) is 4.20. The van der Waals surface area contributed by atoms with Gasteiger partial charge in [0.15, 0.2) is 0 Å². The molecule has 0 unspecified atom stereocenters. The number of aromatic nitrogens is 2. The number of aliphatic hydroxyl groups excluding tert-OH is 1. The average molecular weight is 391 g/mol. The molecule has 0 saturated carbocycles. The van der Waals surface area contributed by atoms with Crippen molar-refractivity contribution < 1.29 is 14.3 Å². The van der Waals surface area contributed by atoms with Gasteiger partial charge in [0.1, 0.15) is 22.0 Å². The van der Waals surface area contributed by atoms with Gasteiger partial charge in [-0.05, 0) is 17.7 Å². The monoisotopic (exact) mass is 391 g/mol. The van der Waals surface area contributed by atoms with E-state index in [0.29, 0.717) is 18.7 Å². The zero-order valence-corrected chi connectivity index (χ0v) is 15.8. The molecule has 0 bridgehead atoms. The van der Waals surface area contributed by atoms with Gasteiger partial charge in [-0.3, -0.25) is 4.79 Å². The second-order valence-electron chi connectivity index (χ2n) is 5.65. The summed E-state index contributed by atoms with van der Waals surface area (Å²) in [6.45, 7) is 0.290. The highest BCUT2D eigenvalue weighted by molar-refractivity contribution is 7.99. The third-order valence-electron chi connectivity index (χ3n) is 3.91. The van der Waals surface area contributed by atoms with Crippen molar-refractivity contribution in [2.75, 3.05) is 26.0 Å². The first-order chi connectivity index (χ1) is 12.6. The lowest BCUT2D eigenvalue weighted by atomic mass is 10.1. The van der Waals surface area contributed by atoms with E-state index < -0.39 is 0 Å². The Bertz CT molecular complexity index is 899. The molecule has 136 valence electrons. The summed E-state index contributed by atoms with van der Waals surface area (Å²) in [5.41, 5.74) is 1.88. The summed E-state index contributed by atoms with van der Waals surface area (Å²) in [7, 11) is 1.68. The molecule has 1 aromatic carbocycles. The van der Waals surface area contributed by atoms with Crippen LogP contribution in [0.3, 0.4) is 0 Å². The van der Waals surface area contributed by atoms with Crippen LogP contribution in [0.15, 0.2) is 41.0 Å². The van der Waals surface area contributed by atoms with Gasteiger partial charge < -0.3 is 10.0 Å². The molecule has 0 aliphatic carbocycles. The first kappa shape index (κ1) is 18.8. The molecule has 2 aromatic heterocycles. The van der Waals surface area contributed by atoms with Crippen LogP contribution in [0.1, 0.15) is 6.42 Å². The maximum absolute atomic E-state index is 13.2. The van der Waals surface area contributed by atoms with E-state index in [-0.39, 0.29) is 18.3 Å². The zero-order valence-electron chi connectivity index (χ0n) is 14.2. The fraction of sp³-hybridized carbons (Fsp3) is 0.278. The van der Waals surface area contributed by atoms with Crippen LogP contribution in [-0.2, 0) is 4.79 Å². The van der Waals surface area contributed by atoms with E-state index >= 15 is 0 Å². The summed E-state index contributed by atoms with van der Waals surface area (Å²) in [5.74, 6) is 0.296. The van der Waals surface area contributed by atoms with Crippen LogP contribution in [0, 0.1) is 5.82 Å². The minimum absolute atomic E-state index is 0.0130. The summed E-state index contributed by atoms with van der Waals surface area (Å²) in [4.78, 5) is 23.1. The predicted molar refractivity (Wildman–Crippen MR) is 103 cm³/mol. The lowest BCUT2D eigenvalue weighted by Gasteiger charge is -2.15. The van der Waals surface area contributed by atoms with Gasteiger partial charge >= 0.3 is 0 Å². The first-order valence-corrected chi connectivity index (χ1v) is 9.92. The van der Waals surface area contributed by atoms with Crippen LogP contribution >= 0.6 is 23.1 Å². The Labute approximate surface area is 158 Å². The van der Waals surface area contributed by atoms with Crippen LogP contribution in [0.2, 0.25) is 0 Å². The van der Waals surface area contributed by atoms with Gasteiger partial charge in [0.25, 0.3) is 0 Å². The van der Waals surface area contributed by atoms with Crippen molar-refractivity contribution in [2.45, 2.75) is 11.4 Å². The molecule has 5 nitrogen and oxygen atoms in total. The Hall–Kier alpha value is -2.03. The highest BCUT2D eigenvalue weighted by atomic mass is 32.2. The Balaban J connectivity index is 1.79. The second kappa shape index (κ2) is 8.57. The first-order valence-electron chi connectivity index (χ1n) is 8.06. The van der Waals surface area contributed by atoms with Gasteiger partial charge in [0.05, 0.1) is 12.0 Å². The Kier molecular flexibility index (Phi) is 6.18. The van der Waals surface area contributed by atoms with Crippen molar-refractivity contribution in [1.82, 2.24) is 14.9 Å². The van der Waals surface area contributed by atoms with Gasteiger partial charge in [-0.1, -0.05) is 12.1 Å². The summed E-state index contributed by atoms with van der Waals surface area (Å²) in [5, 5.41) is 12.6. The number of thioether (sulfide) groups is 1. The maximum atomic E-state index is 13.2. The molecule has 2 heterocycles. The highest BCUT2D eigenvalue weighted by Gasteiger charge is 2.15. The fourth-order valence-corrected chi connectivity index (χ4v) is 4.42. The highest BCUT2D eigenvalue weighted by Crippen LogP contribution is 2.37. The number of rotatable bonds is 7. The molecule has 0 fully saturated rings. The predicted octanol–water partition coefficient (Wildman–Crippen LogP) is 3.43. The SMILES string of the molecule is CN(CCO)C(=O)CCSc1ncnc2scc(-c3ccc(F)cc3)c12. The van der Waals surface area contributed by atoms with Crippen LogP contribution in [0.4, 0.5) is 4.39 Å². The number of carbonyl (C=O) groups excluding carboxylic acids is 1. The number of amides is 1. The Morgan fingerprint density at radius 3 is 2.81 bits per heavy atom. The van der Waals surface area contributed by atoms with E-state index in [1.165, 1.54) is 46.5 Å². The lowest BCUT2D eigenvalue weighted by molar-refractivity contribution is -0.129. The molecule has 1 amide bonds. The molecule has 1 N–H and O–H groups in total. The number of likely N-dealkylation sites (N-methyl/N-ethyl adjacent to an activating group) is 1. The standard InChI is InChI=1S/C18H18FN3O2S2/c1-22(7-8-23)15(24)6-9-25-17-16-14(10-26-18(16)21-11-20-17)12-2-4-13(19)5-3-12/h2-5,10-11,23H,6-9H2,1H3. The van der Waals surface area contributed by atoms with Crippen LogP contribution < -0.4 is 0 Å². The summed E-state index contributed by atoms with van der Waals surface area (Å²) >= 11 is 3.02. The molecule has 3 aromatic rings. The molecule has 0 atom stereocenters. The second-order valence-corrected chi connectivity index (χ2v) is 7.59. The number of halogens is 1. The fourth-order valence-electron chi connectivity index (χ4n) is 2.50. The van der Waals surface area contributed by atoms with E-state index in [1.54, 1.807) is 19.2 Å². The Morgan fingerprint density at radius 1 is 1.31 bits per heavy atom. The molecule has 0 radical (unpaired) electrons. The normalized spacial score (nSPS) is 11.0. The number of nitrogens with zero attached hydrogens (tertiary/aromatic N) is 3. The molecule has 8 heteroatoms. The lowest BCUT2D eigenvalue weighted by Crippen LogP contribution is -2.29. The summed E-state index contributed by atoms with van der Waals surface area (Å²) in [6.07, 6.45) is 1.89. The van der Waals surface area contributed by atoms with Crippen molar-refractivity contribution >= 4 is 39.2 Å². The van der Waals surface area contributed by atoms with Gasteiger partial charge in [-0.2, -0.15) is 0 Å². The number of fused-ring (bicyclic) bond motifs is 1. The molecule has 26 heavy (non-hydrogen) atoms. The van der Waals surface area contributed by atoms with Gasteiger partial charge in [0.2, 0.25) is 5.91 Å². The minimum Gasteiger partial charge on any atom is -0.395 e. The molecule has 0 saturated heterocycles. The smallest absolute Gasteiger partial charge is 0.223 e. The van der Waals surface area contributed by atoms with E-state index in [0.717, 1.165) is 26.4 Å². The van der Waals surface area contributed by atoms with E-state index in [2.05, 4.69) is 9.97 Å². The molecule has 0 spiro atoms. The van der Waals surface area contributed by atoms with Gasteiger partial charge in [-0.25, -0.2) is 14.4 Å². The zero-order chi connectivity index (χ0) is 18.5. The topological polar surface area (TPSA) is 66.3 Å². The summed E-state index contributed by atoms with van der Waals surface area (Å²) < 4.78 is 13.2. The largest absolute Gasteiger partial charge is 0.395 e. The van der Waals surface area contributed by atoms with Crippen molar-refractivity contribution in [3.8, 4) is 11.1 Å². The minimum atomic E-state index is -0.273. The molecular formula is C18H18FN3O2S2. The third-order valence-corrected chi connectivity index (χ3v) is 5.78. The van der Waals surface area contributed by atoms with Crippen molar-refractivity contribution in [1.29, 1.82) is 0 Å². The van der Waals surface area contributed by atoms with Crippen LogP contribution in [0.5, 0.6) is 0 Å². The number of aliphatic hydroxyl groups is 1. The van der Waals surface area contributed by atoms with E-state index in [4.69, 9.17) is 5.11 Å². The number of hydrogen-bond acceptors (Lipinski definition) is 6. The van der Waals surface area contributed by atoms with Crippen molar-refractivity contribution in [3.63, 3.8) is 0 Å². The number of benzene rings is 1. The van der Waals surface area contributed by atoms with Crippen molar-refractivity contribution in [3.05, 3.63) is 41.8 Å². The number of thiophene rings is 1.